The molecule has 14 nitrogen and oxygen atoms in total. The molecular weight excluding hydrogens is 1030 g/mol. The second-order valence-electron chi connectivity index (χ2n) is 20.2. The molecule has 17 heteroatoms. The van der Waals surface area contributed by atoms with Crippen molar-refractivity contribution in [3.63, 3.8) is 0 Å². The van der Waals surface area contributed by atoms with Crippen LogP contribution in [-0.4, -0.2) is 42.4 Å². The van der Waals surface area contributed by atoms with Crippen LogP contribution in [0.25, 0.3) is 22.5 Å². The topological polar surface area (TPSA) is 189 Å². The predicted octanol–water partition coefficient (Wildman–Crippen LogP) is 15.3. The molecule has 5 aliphatic rings. The fraction of sp³-hybridized carbons (Fsp3) is 0.288. The number of benzene rings is 4. The van der Waals surface area contributed by atoms with Gasteiger partial charge in [-0.3, -0.25) is 0 Å². The number of aromatic carboxylic acids is 2. The zero-order valence-corrected chi connectivity index (χ0v) is 43.5. The number of halogens is 3. The van der Waals surface area contributed by atoms with Crippen molar-refractivity contribution in [1.82, 2.24) is 20.3 Å². The highest BCUT2D eigenvalue weighted by atomic mass is 35.5. The molecule has 0 amide bonds. The highest BCUT2D eigenvalue weighted by Gasteiger charge is 2.39. The number of aryl methyl sites for hydroxylation is 1. The molecule has 4 aromatic carbocycles. The first kappa shape index (κ1) is 49.5. The van der Waals surface area contributed by atoms with E-state index in [1.165, 1.54) is 0 Å². The third-order valence-electron chi connectivity index (χ3n) is 14.7. The summed E-state index contributed by atoms with van der Waals surface area (Å²) in [5, 5.41) is 29.2. The first-order chi connectivity index (χ1) is 36.8. The van der Waals surface area contributed by atoms with Gasteiger partial charge < -0.3 is 38.2 Å². The smallest absolute Gasteiger partial charge is 0.335 e. The average Bonchev–Trinajstić information content (AvgIpc) is 4.29. The summed E-state index contributed by atoms with van der Waals surface area (Å²) in [5.41, 5.74) is 9.44. The predicted molar refractivity (Wildman–Crippen MR) is 283 cm³/mol. The summed E-state index contributed by atoms with van der Waals surface area (Å²) in [4.78, 5) is 32.6. The number of rotatable bonds is 13. The van der Waals surface area contributed by atoms with Gasteiger partial charge in [0.1, 0.15) is 59.1 Å². The number of nitrogens with zero attached hydrogens (tertiary/aromatic N) is 4. The second-order valence-corrected chi connectivity index (χ2v) is 21.4. The lowest BCUT2D eigenvalue weighted by Crippen LogP contribution is -2.08. The van der Waals surface area contributed by atoms with E-state index in [4.69, 9.17) is 72.8 Å². The van der Waals surface area contributed by atoms with Crippen LogP contribution in [0.5, 0.6) is 34.8 Å². The van der Waals surface area contributed by atoms with Gasteiger partial charge in [-0.15, -0.1) is 0 Å². The minimum atomic E-state index is -0.998. The Morgan fingerprint density at radius 3 is 1.78 bits per heavy atom. The van der Waals surface area contributed by atoms with E-state index in [0.29, 0.717) is 85.3 Å². The highest BCUT2D eigenvalue weighted by molar-refractivity contribution is 6.39. The van der Waals surface area contributed by atoms with Crippen molar-refractivity contribution in [1.29, 1.82) is 0 Å². The van der Waals surface area contributed by atoms with Crippen LogP contribution in [0.3, 0.4) is 0 Å². The Morgan fingerprint density at radius 2 is 1.17 bits per heavy atom. The number of carboxylic acid groups (broad SMARTS) is 2. The summed E-state index contributed by atoms with van der Waals surface area (Å²) >= 11 is 19.5. The molecule has 386 valence electrons. The molecule has 76 heavy (non-hydrogen) atoms. The Morgan fingerprint density at radius 1 is 0.618 bits per heavy atom. The van der Waals surface area contributed by atoms with E-state index >= 15 is 0 Å². The van der Waals surface area contributed by atoms with Crippen molar-refractivity contribution in [2.75, 3.05) is 0 Å². The van der Waals surface area contributed by atoms with E-state index in [1.807, 2.05) is 37.3 Å². The van der Waals surface area contributed by atoms with Crippen molar-refractivity contribution < 1.29 is 47.8 Å². The summed E-state index contributed by atoms with van der Waals surface area (Å²) in [6.45, 7) is 4.53. The Bertz CT molecular complexity index is 3560. The Kier molecular flexibility index (Phi) is 13.2. The minimum Gasteiger partial charge on any atom is -0.478 e. The van der Waals surface area contributed by atoms with Crippen LogP contribution in [0, 0.1) is 12.8 Å². The fourth-order valence-electron chi connectivity index (χ4n) is 10.2. The molecule has 0 bridgehead atoms. The summed E-state index contributed by atoms with van der Waals surface area (Å²) < 4.78 is 36.4. The molecule has 2 aliphatic heterocycles. The zero-order valence-electron chi connectivity index (χ0n) is 41.3. The lowest BCUT2D eigenvalue weighted by molar-refractivity contribution is 0.0686. The summed E-state index contributed by atoms with van der Waals surface area (Å²) in [5.74, 6) is 4.41. The molecule has 3 saturated carbocycles. The molecule has 13 rings (SSSR count). The SMILES string of the molecule is CC1Cc2nc(OCc3c(-c4c(Cl)cccc4Cl)noc3C3CC3)ccc2Oc2cc(C(=O)O)ccc21.Cc1cccc(Cl)c1-c1noc(C2CC2)c1COc1ccc2c(n1)C(C1CC1)Cc1ccc(C(=O)O)cc1O2. The number of carbonyl (C=O) groups is 2. The maximum atomic E-state index is 11.5. The van der Waals surface area contributed by atoms with E-state index < -0.39 is 11.9 Å². The van der Waals surface area contributed by atoms with Crippen molar-refractivity contribution in [2.45, 2.75) is 102 Å². The lowest BCUT2D eigenvalue weighted by atomic mass is 9.91. The number of aromatic nitrogens is 4. The van der Waals surface area contributed by atoms with Gasteiger partial charge in [-0.2, -0.15) is 0 Å². The molecule has 3 aliphatic carbocycles. The summed E-state index contributed by atoms with van der Waals surface area (Å²) in [6, 6.07) is 28.4. The van der Waals surface area contributed by atoms with Crippen LogP contribution in [0.1, 0.15) is 141 Å². The third kappa shape index (κ3) is 9.97. The van der Waals surface area contributed by atoms with Crippen molar-refractivity contribution in [3.8, 4) is 57.3 Å². The molecule has 2 unspecified atom stereocenters. The molecule has 8 aromatic rings. The number of carboxylic acids is 2. The normalized spacial score (nSPS) is 17.2. The quantitative estimate of drug-likeness (QED) is 0.111. The molecular formula is C59H49Cl3N4O10. The third-order valence-corrected chi connectivity index (χ3v) is 15.7. The molecule has 3 fully saturated rings. The van der Waals surface area contributed by atoms with Gasteiger partial charge in [0.25, 0.3) is 0 Å². The molecule has 0 spiro atoms. The number of fused-ring (bicyclic) bond motifs is 4. The van der Waals surface area contributed by atoms with Gasteiger partial charge in [-0.05, 0) is 135 Å². The van der Waals surface area contributed by atoms with Crippen LogP contribution in [0.15, 0.2) is 106 Å². The maximum absolute atomic E-state index is 11.5. The summed E-state index contributed by atoms with van der Waals surface area (Å²) in [6.07, 6.45) is 7.87. The highest BCUT2D eigenvalue weighted by Crippen LogP contribution is 2.51. The van der Waals surface area contributed by atoms with E-state index in [2.05, 4.69) is 17.2 Å². The maximum Gasteiger partial charge on any atom is 0.335 e. The molecule has 2 atom stereocenters. The van der Waals surface area contributed by atoms with Gasteiger partial charge in [-0.1, -0.05) is 82.4 Å². The van der Waals surface area contributed by atoms with Crippen LogP contribution >= 0.6 is 34.8 Å². The van der Waals surface area contributed by atoms with Gasteiger partial charge >= 0.3 is 11.9 Å². The molecule has 6 heterocycles. The van der Waals surface area contributed by atoms with Crippen molar-refractivity contribution >= 4 is 46.7 Å². The van der Waals surface area contributed by atoms with Gasteiger partial charge in [0, 0.05) is 47.4 Å². The van der Waals surface area contributed by atoms with Gasteiger partial charge in [-0.25, -0.2) is 19.6 Å². The standard InChI is InChI=1S/C31H27ClN2O5.C28H22Cl2N2O5/c1-16-3-2-4-23(32)27(16)29-22(30(39-34-29)18-7-8-18)15-37-26-12-11-24-28(33-26)21(17-5-6-17)13-19-9-10-20(31(35)36)14-25(19)38-24;1-14-11-21-22(36-23-12-16(28(33)34)7-8-17(14)23)9-10-24(31-21)35-13-18-26(32-37-27(18)15-5-6-15)25-19(29)3-2-4-20(25)30/h2-4,9-12,14,17-18,21H,5-8,13,15H2,1H3,(H,35,36);2-4,7-10,12,14-15H,5-6,11,13H2,1H3,(H,33,34). The van der Waals surface area contributed by atoms with Crippen molar-refractivity contribution in [2.24, 2.45) is 5.92 Å². The van der Waals surface area contributed by atoms with Crippen molar-refractivity contribution in [3.05, 3.63) is 174 Å². The van der Waals surface area contributed by atoms with Crippen LogP contribution in [0.2, 0.25) is 15.1 Å². The zero-order chi connectivity index (χ0) is 52.4. The average molecular weight is 1080 g/mol. The van der Waals surface area contributed by atoms with Gasteiger partial charge in [0.05, 0.1) is 48.7 Å². The van der Waals surface area contributed by atoms with E-state index in [0.717, 1.165) is 107 Å². The Hall–Kier alpha value is -7.39. The van der Waals surface area contributed by atoms with Gasteiger partial charge in [0.15, 0.2) is 0 Å². The van der Waals surface area contributed by atoms with Crippen LogP contribution in [0.4, 0.5) is 0 Å². The van der Waals surface area contributed by atoms with E-state index in [9.17, 15) is 19.8 Å². The largest absolute Gasteiger partial charge is 0.478 e. The molecule has 2 N–H and O–H groups in total. The molecule has 4 aromatic heterocycles. The fourth-order valence-corrected chi connectivity index (χ4v) is 11.1. The first-order valence-electron chi connectivity index (χ1n) is 25.4. The monoisotopic (exact) mass is 1080 g/mol. The Labute approximate surface area is 451 Å². The second kappa shape index (κ2) is 20.3. The Balaban J connectivity index is 0.000000153. The molecule has 0 saturated heterocycles. The lowest BCUT2D eigenvalue weighted by Gasteiger charge is -2.16. The summed E-state index contributed by atoms with van der Waals surface area (Å²) in [7, 11) is 0. The first-order valence-corrected chi connectivity index (χ1v) is 26.5. The minimum absolute atomic E-state index is 0.0790. The number of pyridine rings is 2. The van der Waals surface area contributed by atoms with E-state index in [1.54, 1.807) is 66.7 Å². The molecule has 0 radical (unpaired) electrons. The van der Waals surface area contributed by atoms with Gasteiger partial charge in [0.2, 0.25) is 11.8 Å². The van der Waals surface area contributed by atoms with E-state index in [-0.39, 0.29) is 36.2 Å². The number of ether oxygens (including phenoxy) is 4. The van der Waals surface area contributed by atoms with Crippen LogP contribution < -0.4 is 18.9 Å². The van der Waals surface area contributed by atoms with Crippen LogP contribution in [-0.2, 0) is 26.1 Å². The number of hydrogen-bond donors (Lipinski definition) is 2. The number of hydrogen-bond acceptors (Lipinski definition) is 12.